The molecule has 1 aromatic heterocycles. The minimum Gasteiger partial charge on any atom is -0.507 e. The summed E-state index contributed by atoms with van der Waals surface area (Å²) in [4.78, 5) is 33.3. The number of aromatic nitrogens is 1. The molecule has 0 spiro atoms. The molecule has 8 nitrogen and oxygen atoms in total. The molecule has 0 radical (unpaired) electrons. The first-order valence-corrected chi connectivity index (χ1v) is 14.0. The van der Waals surface area contributed by atoms with Gasteiger partial charge in [-0.2, -0.15) is 0 Å². The van der Waals surface area contributed by atoms with Gasteiger partial charge in [0.15, 0.2) is 16.6 Å². The van der Waals surface area contributed by atoms with Crippen molar-refractivity contribution in [3.05, 3.63) is 82.9 Å². The average Bonchev–Trinajstić information content (AvgIpc) is 3.50. The van der Waals surface area contributed by atoms with Gasteiger partial charge < -0.3 is 19.3 Å². The van der Waals surface area contributed by atoms with Crippen molar-refractivity contribution in [3.63, 3.8) is 0 Å². The fourth-order valence-corrected chi connectivity index (χ4v) is 6.03. The van der Waals surface area contributed by atoms with Crippen LogP contribution in [0, 0.1) is 0 Å². The molecule has 0 bridgehead atoms. The van der Waals surface area contributed by atoms with Gasteiger partial charge in [-0.15, -0.1) is 0 Å². The van der Waals surface area contributed by atoms with Crippen molar-refractivity contribution in [2.45, 2.75) is 32.7 Å². The highest BCUT2D eigenvalue weighted by Crippen LogP contribution is 2.45. The van der Waals surface area contributed by atoms with Gasteiger partial charge in [-0.1, -0.05) is 49.4 Å². The summed E-state index contributed by atoms with van der Waals surface area (Å²) in [6, 6.07) is 17.4. The number of aliphatic hydroxyl groups is 1. The Morgan fingerprint density at radius 1 is 1.05 bits per heavy atom. The van der Waals surface area contributed by atoms with E-state index in [0.717, 1.165) is 10.3 Å². The number of fused-ring (bicyclic) bond motifs is 2. The van der Waals surface area contributed by atoms with E-state index in [1.54, 1.807) is 18.2 Å². The number of Topliss-reactive ketones (excluding diaryl/α,β-unsaturated/α-hetero) is 1. The molecule has 9 heteroatoms. The van der Waals surface area contributed by atoms with Gasteiger partial charge in [0.2, 0.25) is 0 Å². The topological polar surface area (TPSA) is 98.2 Å². The molecule has 1 unspecified atom stereocenters. The van der Waals surface area contributed by atoms with Crippen LogP contribution in [-0.2, 0) is 9.59 Å². The molecule has 0 aliphatic carbocycles. The quantitative estimate of drug-likeness (QED) is 0.171. The summed E-state index contributed by atoms with van der Waals surface area (Å²) in [7, 11) is 0. The number of anilines is 1. The molecule has 6 rings (SSSR count). The molecule has 4 aromatic rings. The maximum Gasteiger partial charge on any atom is 0.301 e. The molecule has 204 valence electrons. The van der Waals surface area contributed by atoms with Gasteiger partial charge in [0.1, 0.15) is 24.7 Å². The highest BCUT2D eigenvalue weighted by molar-refractivity contribution is 7.22. The van der Waals surface area contributed by atoms with E-state index in [1.807, 2.05) is 49.4 Å². The molecule has 1 atom stereocenters. The van der Waals surface area contributed by atoms with Gasteiger partial charge >= 0.3 is 5.91 Å². The third kappa shape index (κ3) is 4.46. The van der Waals surface area contributed by atoms with Crippen LogP contribution < -0.4 is 19.1 Å². The second-order valence-corrected chi connectivity index (χ2v) is 10.9. The zero-order valence-electron chi connectivity index (χ0n) is 22.3. The highest BCUT2D eigenvalue weighted by atomic mass is 32.1. The summed E-state index contributed by atoms with van der Waals surface area (Å²) < 4.78 is 17.7. The number of rotatable bonds is 6. The minimum atomic E-state index is -0.874. The molecule has 1 fully saturated rings. The number of carbonyl (C=O) groups is 2. The summed E-state index contributed by atoms with van der Waals surface area (Å²) in [5.41, 5.74) is 2.85. The van der Waals surface area contributed by atoms with Crippen molar-refractivity contribution < 1.29 is 28.9 Å². The number of hydrogen-bond donors (Lipinski definition) is 1. The monoisotopic (exact) mass is 556 g/mol. The fourth-order valence-electron chi connectivity index (χ4n) is 5.01. The lowest BCUT2D eigenvalue weighted by atomic mass is 9.93. The SMILES string of the molecule is CCOc1ccc2nc(N3C(=O)C(=O)/C(=C(\O)c4ccc5c(c4)OCCO5)C3c3ccc(C(C)C)cc3)sc2c1. The van der Waals surface area contributed by atoms with Gasteiger partial charge in [-0.25, -0.2) is 4.98 Å². The fraction of sp³-hybridized carbons (Fsp3) is 0.258. The number of ether oxygens (including phenoxy) is 3. The van der Waals surface area contributed by atoms with Crippen molar-refractivity contribution in [1.82, 2.24) is 4.98 Å². The number of carbonyl (C=O) groups excluding carboxylic acids is 2. The third-order valence-electron chi connectivity index (χ3n) is 7.04. The first kappa shape index (κ1) is 25.9. The highest BCUT2D eigenvalue weighted by Gasteiger charge is 2.48. The Morgan fingerprint density at radius 3 is 2.52 bits per heavy atom. The molecule has 2 aliphatic rings. The molecule has 1 saturated heterocycles. The van der Waals surface area contributed by atoms with Crippen molar-refractivity contribution in [3.8, 4) is 17.2 Å². The first-order chi connectivity index (χ1) is 19.4. The number of benzene rings is 3. The second kappa shape index (κ2) is 10.3. The third-order valence-corrected chi connectivity index (χ3v) is 8.06. The Labute approximate surface area is 235 Å². The number of thiazole rings is 1. The van der Waals surface area contributed by atoms with Gasteiger partial charge in [0.05, 0.1) is 28.4 Å². The van der Waals surface area contributed by atoms with Crippen LogP contribution in [0.1, 0.15) is 49.4 Å². The van der Waals surface area contributed by atoms with Gasteiger partial charge in [0, 0.05) is 5.56 Å². The zero-order chi connectivity index (χ0) is 28.0. The van der Waals surface area contributed by atoms with Gasteiger partial charge in [-0.3, -0.25) is 14.5 Å². The van der Waals surface area contributed by atoms with Crippen LogP contribution in [0.2, 0.25) is 0 Å². The minimum absolute atomic E-state index is 0.00626. The lowest BCUT2D eigenvalue weighted by molar-refractivity contribution is -0.132. The summed E-state index contributed by atoms with van der Waals surface area (Å²) in [5.74, 6) is 0.230. The number of hydrogen-bond acceptors (Lipinski definition) is 8. The Balaban J connectivity index is 1.51. The molecule has 1 N–H and O–H groups in total. The summed E-state index contributed by atoms with van der Waals surface area (Å²) in [6.45, 7) is 7.45. The van der Waals surface area contributed by atoms with E-state index in [9.17, 15) is 14.7 Å². The average molecular weight is 557 g/mol. The summed E-state index contributed by atoms with van der Waals surface area (Å²) >= 11 is 1.30. The van der Waals surface area contributed by atoms with Crippen LogP contribution in [-0.4, -0.2) is 41.6 Å². The second-order valence-electron chi connectivity index (χ2n) is 9.91. The zero-order valence-corrected chi connectivity index (χ0v) is 23.2. The Hall–Kier alpha value is -4.37. The molecule has 1 amide bonds. The predicted octanol–water partition coefficient (Wildman–Crippen LogP) is 6.22. The summed E-state index contributed by atoms with van der Waals surface area (Å²) in [5, 5.41) is 11.9. The van der Waals surface area contributed by atoms with Crippen LogP contribution in [0.15, 0.2) is 66.2 Å². The van der Waals surface area contributed by atoms with E-state index in [0.29, 0.717) is 64.8 Å². The Kier molecular flexibility index (Phi) is 6.67. The maximum absolute atomic E-state index is 13.6. The van der Waals surface area contributed by atoms with Crippen molar-refractivity contribution in [2.75, 3.05) is 24.7 Å². The van der Waals surface area contributed by atoms with Crippen molar-refractivity contribution in [1.29, 1.82) is 0 Å². The number of ketones is 1. The standard InChI is InChI=1S/C31H28N2O6S/c1-4-37-21-10-11-22-25(16-21)40-31(32-22)33-27(19-7-5-18(6-8-19)17(2)3)26(29(35)30(33)36)28(34)20-9-12-23-24(15-20)39-14-13-38-23/h5-12,15-17,27,34H,4,13-14H2,1-3H3/b28-26-. The molecule has 3 heterocycles. The first-order valence-electron chi connectivity index (χ1n) is 13.2. The van der Waals surface area contributed by atoms with E-state index < -0.39 is 17.7 Å². The van der Waals surface area contributed by atoms with Crippen molar-refractivity contribution in [2.24, 2.45) is 0 Å². The van der Waals surface area contributed by atoms with Crippen LogP contribution in [0.25, 0.3) is 16.0 Å². The molecule has 40 heavy (non-hydrogen) atoms. The Morgan fingerprint density at radius 2 is 1.80 bits per heavy atom. The number of aliphatic hydroxyl groups excluding tert-OH is 1. The molecular formula is C31H28N2O6S. The van der Waals surface area contributed by atoms with Gasteiger partial charge in [-0.05, 0) is 60.4 Å². The lowest BCUT2D eigenvalue weighted by Crippen LogP contribution is -2.29. The number of nitrogens with zero attached hydrogens (tertiary/aromatic N) is 2. The van der Waals surface area contributed by atoms with E-state index in [1.165, 1.54) is 16.2 Å². The molecule has 3 aromatic carbocycles. The smallest absolute Gasteiger partial charge is 0.301 e. The van der Waals surface area contributed by atoms with E-state index in [2.05, 4.69) is 13.8 Å². The normalized spacial score (nSPS) is 18.1. The van der Waals surface area contributed by atoms with Crippen LogP contribution in [0.4, 0.5) is 5.13 Å². The predicted molar refractivity (Wildman–Crippen MR) is 154 cm³/mol. The van der Waals surface area contributed by atoms with Crippen LogP contribution in [0.5, 0.6) is 17.2 Å². The molecule has 2 aliphatic heterocycles. The van der Waals surface area contributed by atoms with E-state index in [4.69, 9.17) is 19.2 Å². The van der Waals surface area contributed by atoms with Crippen LogP contribution in [0.3, 0.4) is 0 Å². The van der Waals surface area contributed by atoms with Gasteiger partial charge in [0.25, 0.3) is 5.78 Å². The van der Waals surface area contributed by atoms with Crippen molar-refractivity contribution >= 4 is 44.1 Å². The van der Waals surface area contributed by atoms with E-state index >= 15 is 0 Å². The summed E-state index contributed by atoms with van der Waals surface area (Å²) in [6.07, 6.45) is 0. The van der Waals surface area contributed by atoms with E-state index in [-0.39, 0.29) is 11.3 Å². The number of amides is 1. The maximum atomic E-state index is 13.6. The largest absolute Gasteiger partial charge is 0.507 e. The Bertz CT molecular complexity index is 1660. The van der Waals surface area contributed by atoms with Crippen LogP contribution >= 0.6 is 11.3 Å². The molecular weight excluding hydrogens is 528 g/mol. The molecule has 0 saturated carbocycles. The lowest BCUT2D eigenvalue weighted by Gasteiger charge is -2.23.